The first-order valence-corrected chi connectivity index (χ1v) is 6.43. The van der Waals surface area contributed by atoms with Gasteiger partial charge < -0.3 is 4.74 Å². The van der Waals surface area contributed by atoms with Gasteiger partial charge in [0.15, 0.2) is 6.10 Å². The highest BCUT2D eigenvalue weighted by atomic mass is 35.5. The van der Waals surface area contributed by atoms with E-state index in [-0.39, 0.29) is 16.5 Å². The van der Waals surface area contributed by atoms with Crippen LogP contribution >= 0.6 is 11.6 Å². The molecule has 1 atom stereocenters. The molecule has 0 aliphatic rings. The number of nitriles is 1. The van der Waals surface area contributed by atoms with Gasteiger partial charge in [-0.2, -0.15) is 10.4 Å². The highest BCUT2D eigenvalue weighted by molar-refractivity contribution is 6.33. The summed E-state index contributed by atoms with van der Waals surface area (Å²) in [6.45, 7) is 3.05. The Balaban J connectivity index is 2.40. The van der Waals surface area contributed by atoms with Crippen LogP contribution in [0.1, 0.15) is 23.0 Å². The highest BCUT2D eigenvalue weighted by Gasteiger charge is 2.23. The third-order valence-electron chi connectivity index (χ3n) is 2.74. The average molecular weight is 308 g/mol. The van der Waals surface area contributed by atoms with Gasteiger partial charge in [0, 0.05) is 0 Å². The average Bonchev–Trinajstić information content (AvgIpc) is 2.74. The van der Waals surface area contributed by atoms with Crippen LogP contribution < -0.4 is 0 Å². The molecule has 7 heteroatoms. The van der Waals surface area contributed by atoms with Gasteiger partial charge in [0.1, 0.15) is 22.6 Å². The molecule has 0 aliphatic heterocycles. The van der Waals surface area contributed by atoms with E-state index < -0.39 is 12.1 Å². The summed E-state index contributed by atoms with van der Waals surface area (Å²) in [4.78, 5) is 12.0. The van der Waals surface area contributed by atoms with E-state index in [0.717, 1.165) is 0 Å². The van der Waals surface area contributed by atoms with Crippen LogP contribution in [-0.4, -0.2) is 21.9 Å². The Morgan fingerprint density at radius 3 is 2.67 bits per heavy atom. The lowest BCUT2D eigenvalue weighted by atomic mass is 10.2. The number of aromatic nitrogens is 2. The Hall–Kier alpha value is -2.39. The summed E-state index contributed by atoms with van der Waals surface area (Å²) in [5, 5.41) is 12.9. The van der Waals surface area contributed by atoms with Crippen LogP contribution in [0.3, 0.4) is 0 Å². The largest absolute Gasteiger partial charge is 0.444 e. The zero-order chi connectivity index (χ0) is 15.6. The van der Waals surface area contributed by atoms with Crippen LogP contribution in [0.15, 0.2) is 24.3 Å². The summed E-state index contributed by atoms with van der Waals surface area (Å²) in [5.41, 5.74) is 0.958. The highest BCUT2D eigenvalue weighted by Crippen LogP contribution is 2.24. The fourth-order valence-electron chi connectivity index (χ4n) is 1.73. The summed E-state index contributed by atoms with van der Waals surface area (Å²) >= 11 is 6.15. The van der Waals surface area contributed by atoms with Crippen molar-refractivity contribution in [1.29, 1.82) is 5.26 Å². The van der Waals surface area contributed by atoms with E-state index in [2.05, 4.69) is 5.10 Å². The lowest BCUT2D eigenvalue weighted by Crippen LogP contribution is -2.14. The first kappa shape index (κ1) is 15.0. The zero-order valence-corrected chi connectivity index (χ0v) is 12.1. The number of aryl methyl sites for hydroxylation is 1. The summed E-state index contributed by atoms with van der Waals surface area (Å²) in [6, 6.07) is 7.29. The van der Waals surface area contributed by atoms with Gasteiger partial charge in [-0.05, 0) is 38.1 Å². The SMILES string of the molecule is Cc1nn(-c2ccc(F)cc2)c(Cl)c1C(=O)O[C@H](C)C#N. The second-order valence-corrected chi connectivity index (χ2v) is 4.67. The second kappa shape index (κ2) is 5.94. The number of hydrogen-bond acceptors (Lipinski definition) is 4. The quantitative estimate of drug-likeness (QED) is 0.817. The van der Waals surface area contributed by atoms with Gasteiger partial charge in [0.25, 0.3) is 0 Å². The Morgan fingerprint density at radius 2 is 2.10 bits per heavy atom. The maximum atomic E-state index is 12.9. The molecule has 0 radical (unpaired) electrons. The van der Waals surface area contributed by atoms with E-state index in [1.165, 1.54) is 35.9 Å². The predicted octanol–water partition coefficient (Wildman–Crippen LogP) is 3.04. The van der Waals surface area contributed by atoms with Gasteiger partial charge in [-0.1, -0.05) is 11.6 Å². The molecule has 0 amide bonds. The molecule has 1 aromatic heterocycles. The third kappa shape index (κ3) is 3.03. The van der Waals surface area contributed by atoms with E-state index >= 15 is 0 Å². The molecule has 2 rings (SSSR count). The molecule has 21 heavy (non-hydrogen) atoms. The van der Waals surface area contributed by atoms with Crippen LogP contribution in [-0.2, 0) is 4.74 Å². The Morgan fingerprint density at radius 1 is 1.48 bits per heavy atom. The van der Waals surface area contributed by atoms with Crippen molar-refractivity contribution in [3.05, 3.63) is 46.5 Å². The second-order valence-electron chi connectivity index (χ2n) is 4.32. The molecule has 0 spiro atoms. The normalized spacial score (nSPS) is 11.8. The number of carbonyl (C=O) groups excluding carboxylic acids is 1. The van der Waals surface area contributed by atoms with Crippen LogP contribution in [0.4, 0.5) is 4.39 Å². The van der Waals surface area contributed by atoms with Crippen LogP contribution in [0, 0.1) is 24.1 Å². The number of nitrogens with zero attached hydrogens (tertiary/aromatic N) is 3. The van der Waals surface area contributed by atoms with Crippen molar-refractivity contribution in [3.8, 4) is 11.8 Å². The number of carbonyl (C=O) groups is 1. The molecule has 0 unspecified atom stereocenters. The molecule has 5 nitrogen and oxygen atoms in total. The molecule has 0 saturated heterocycles. The van der Waals surface area contributed by atoms with E-state index in [4.69, 9.17) is 21.6 Å². The summed E-state index contributed by atoms with van der Waals surface area (Å²) in [7, 11) is 0. The summed E-state index contributed by atoms with van der Waals surface area (Å²) in [6.07, 6.45) is -0.887. The van der Waals surface area contributed by atoms with Gasteiger partial charge >= 0.3 is 5.97 Å². The maximum absolute atomic E-state index is 12.9. The van der Waals surface area contributed by atoms with E-state index in [1.54, 1.807) is 13.0 Å². The zero-order valence-electron chi connectivity index (χ0n) is 11.3. The van der Waals surface area contributed by atoms with Crippen molar-refractivity contribution >= 4 is 17.6 Å². The first-order valence-electron chi connectivity index (χ1n) is 6.05. The number of ether oxygens (including phenoxy) is 1. The Kier molecular flexibility index (Phi) is 4.24. The van der Waals surface area contributed by atoms with E-state index in [9.17, 15) is 9.18 Å². The van der Waals surface area contributed by atoms with Crippen LogP contribution in [0.2, 0.25) is 5.15 Å². The minimum absolute atomic E-state index is 0.0502. The maximum Gasteiger partial charge on any atom is 0.344 e. The molecule has 0 N–H and O–H groups in total. The molecule has 1 aromatic carbocycles. The minimum Gasteiger partial charge on any atom is -0.444 e. The minimum atomic E-state index is -0.887. The standard InChI is InChI=1S/C14H11ClFN3O2/c1-8(7-17)21-14(20)12-9(2)18-19(13(12)15)11-5-3-10(16)4-6-11/h3-6,8H,1-2H3/t8-/m1/s1. The van der Waals surface area contributed by atoms with E-state index in [1.807, 2.05) is 0 Å². The molecule has 0 saturated carbocycles. The van der Waals surface area contributed by atoms with Crippen molar-refractivity contribution in [1.82, 2.24) is 9.78 Å². The van der Waals surface area contributed by atoms with Crippen molar-refractivity contribution in [2.75, 3.05) is 0 Å². The van der Waals surface area contributed by atoms with Crippen LogP contribution in [0.5, 0.6) is 0 Å². The van der Waals surface area contributed by atoms with Gasteiger partial charge in [-0.3, -0.25) is 0 Å². The molecule has 108 valence electrons. The monoisotopic (exact) mass is 307 g/mol. The third-order valence-corrected chi connectivity index (χ3v) is 3.09. The van der Waals surface area contributed by atoms with E-state index in [0.29, 0.717) is 11.4 Å². The summed E-state index contributed by atoms with van der Waals surface area (Å²) in [5.74, 6) is -1.11. The molecule has 0 fully saturated rings. The van der Waals surface area contributed by atoms with Gasteiger partial charge in [0.05, 0.1) is 11.4 Å². The Bertz CT molecular complexity index is 719. The fourth-order valence-corrected chi connectivity index (χ4v) is 2.08. The van der Waals surface area contributed by atoms with Crippen LogP contribution in [0.25, 0.3) is 5.69 Å². The number of esters is 1. The first-order chi connectivity index (χ1) is 9.93. The van der Waals surface area contributed by atoms with Gasteiger partial charge in [0.2, 0.25) is 0 Å². The van der Waals surface area contributed by atoms with Gasteiger partial charge in [-0.25, -0.2) is 13.9 Å². The Labute approximate surface area is 125 Å². The number of benzene rings is 1. The molecular formula is C14H11ClFN3O2. The number of hydrogen-bond donors (Lipinski definition) is 0. The lowest BCUT2D eigenvalue weighted by Gasteiger charge is -2.06. The molecular weight excluding hydrogens is 297 g/mol. The topological polar surface area (TPSA) is 67.9 Å². The van der Waals surface area contributed by atoms with Crippen molar-refractivity contribution in [2.45, 2.75) is 20.0 Å². The molecule has 0 aliphatic carbocycles. The number of rotatable bonds is 3. The smallest absolute Gasteiger partial charge is 0.344 e. The summed E-state index contributed by atoms with van der Waals surface area (Å²) < 4.78 is 19.2. The van der Waals surface area contributed by atoms with Crippen molar-refractivity contribution < 1.29 is 13.9 Å². The molecule has 0 bridgehead atoms. The van der Waals surface area contributed by atoms with Crippen molar-refractivity contribution in [2.24, 2.45) is 0 Å². The lowest BCUT2D eigenvalue weighted by molar-refractivity contribution is 0.0435. The molecule has 1 heterocycles. The van der Waals surface area contributed by atoms with Crippen molar-refractivity contribution in [3.63, 3.8) is 0 Å². The predicted molar refractivity (Wildman–Crippen MR) is 73.8 cm³/mol. The number of halogens is 2. The fraction of sp³-hybridized carbons (Fsp3) is 0.214. The van der Waals surface area contributed by atoms with Gasteiger partial charge in [-0.15, -0.1) is 0 Å². The molecule has 2 aromatic rings.